The molecule has 0 fully saturated rings. The van der Waals surface area contributed by atoms with Crippen molar-refractivity contribution in [2.24, 2.45) is 0 Å². The lowest BCUT2D eigenvalue weighted by atomic mass is 9.83. The highest BCUT2D eigenvalue weighted by atomic mass is 14.3. The van der Waals surface area contributed by atoms with Crippen molar-refractivity contribution >= 4 is 21.5 Å². The molecule has 0 nitrogen and oxygen atoms in total. The first-order valence-corrected chi connectivity index (χ1v) is 12.1. The van der Waals surface area contributed by atoms with Crippen molar-refractivity contribution in [1.29, 1.82) is 0 Å². The van der Waals surface area contributed by atoms with Crippen molar-refractivity contribution in [1.82, 2.24) is 0 Å². The quantitative estimate of drug-likeness (QED) is 0.257. The number of rotatable bonds is 2. The molecule has 154 valence electrons. The highest BCUT2D eigenvalue weighted by Gasteiger charge is 2.23. The second kappa shape index (κ2) is 7.07. The molecule has 32 heavy (non-hydrogen) atoms. The molecule has 0 spiro atoms. The van der Waals surface area contributed by atoms with Gasteiger partial charge >= 0.3 is 0 Å². The lowest BCUT2D eigenvalue weighted by Gasteiger charge is -2.20. The van der Waals surface area contributed by atoms with Crippen molar-refractivity contribution in [3.8, 4) is 22.3 Å². The zero-order valence-corrected chi connectivity index (χ0v) is 18.3. The van der Waals surface area contributed by atoms with E-state index in [0.29, 0.717) is 0 Å². The Morgan fingerprint density at radius 3 is 1.19 bits per heavy atom. The molecule has 0 aliphatic heterocycles. The Morgan fingerprint density at radius 1 is 0.375 bits per heavy atom. The van der Waals surface area contributed by atoms with E-state index in [0.717, 1.165) is 0 Å². The van der Waals surface area contributed by atoms with Crippen LogP contribution in [0.25, 0.3) is 43.8 Å². The number of hydrogen-bond acceptors (Lipinski definition) is 0. The van der Waals surface area contributed by atoms with Crippen LogP contribution in [0.3, 0.4) is 0 Å². The molecule has 0 aromatic heterocycles. The number of benzene rings is 5. The predicted molar refractivity (Wildman–Crippen MR) is 136 cm³/mol. The molecule has 7 rings (SSSR count). The van der Waals surface area contributed by atoms with Crippen LogP contribution >= 0.6 is 0 Å². The van der Waals surface area contributed by atoms with Crippen LogP contribution in [0.4, 0.5) is 0 Å². The van der Waals surface area contributed by atoms with Gasteiger partial charge in [0.25, 0.3) is 0 Å². The Bertz CT molecular complexity index is 1350. The fraction of sp³-hybridized carbons (Fsp3) is 0.188. The maximum Gasteiger partial charge on any atom is -0.00235 e. The van der Waals surface area contributed by atoms with Crippen LogP contribution in [0.15, 0.2) is 84.9 Å². The molecular formula is C32H26. The summed E-state index contributed by atoms with van der Waals surface area (Å²) < 4.78 is 0. The zero-order valence-electron chi connectivity index (χ0n) is 18.3. The molecule has 0 bridgehead atoms. The van der Waals surface area contributed by atoms with E-state index in [4.69, 9.17) is 0 Å². The Labute approximate surface area is 189 Å². The lowest BCUT2D eigenvalue weighted by molar-refractivity contribution is 0.912. The Balaban J connectivity index is 1.66. The molecule has 2 aliphatic rings. The lowest BCUT2D eigenvalue weighted by Crippen LogP contribution is -1.96. The summed E-state index contributed by atoms with van der Waals surface area (Å²) in [4.78, 5) is 0. The van der Waals surface area contributed by atoms with E-state index < -0.39 is 0 Å². The van der Waals surface area contributed by atoms with Crippen molar-refractivity contribution < 1.29 is 0 Å². The van der Waals surface area contributed by atoms with Crippen molar-refractivity contribution in [2.75, 3.05) is 0 Å². The van der Waals surface area contributed by atoms with Gasteiger partial charge in [-0.05, 0) is 105 Å². The molecule has 5 aromatic rings. The largest absolute Gasteiger partial charge is 0.0616 e. The summed E-state index contributed by atoms with van der Waals surface area (Å²) in [5.74, 6) is 0. The maximum absolute atomic E-state index is 2.36. The van der Waals surface area contributed by atoms with Crippen LogP contribution in [0.2, 0.25) is 0 Å². The average molecular weight is 411 g/mol. The van der Waals surface area contributed by atoms with Gasteiger partial charge in [0.15, 0.2) is 0 Å². The highest BCUT2D eigenvalue weighted by molar-refractivity contribution is 6.21. The predicted octanol–water partition coefficient (Wildman–Crippen LogP) is 8.30. The van der Waals surface area contributed by atoms with Crippen molar-refractivity contribution in [3.63, 3.8) is 0 Å². The summed E-state index contributed by atoms with van der Waals surface area (Å²) >= 11 is 0. The fourth-order valence-corrected chi connectivity index (χ4v) is 6.42. The van der Waals surface area contributed by atoms with Crippen LogP contribution in [0.5, 0.6) is 0 Å². The van der Waals surface area contributed by atoms with E-state index >= 15 is 0 Å². The molecule has 0 radical (unpaired) electrons. The smallest absolute Gasteiger partial charge is 0.00235 e. The van der Waals surface area contributed by atoms with Gasteiger partial charge in [-0.2, -0.15) is 0 Å². The Hall–Kier alpha value is -3.38. The molecule has 0 atom stereocenters. The van der Waals surface area contributed by atoms with Gasteiger partial charge in [0, 0.05) is 0 Å². The van der Waals surface area contributed by atoms with Crippen LogP contribution in [0, 0.1) is 0 Å². The third-order valence-electron chi connectivity index (χ3n) is 7.76. The SMILES string of the molecule is c1cc2c(c(-c3c4ccccc4c(-c4cccc5c4CCC5)c4ccccc34)c1)CCC2. The van der Waals surface area contributed by atoms with Gasteiger partial charge in [-0.3, -0.25) is 0 Å². The van der Waals surface area contributed by atoms with E-state index in [2.05, 4.69) is 84.9 Å². The van der Waals surface area contributed by atoms with Crippen molar-refractivity contribution in [2.45, 2.75) is 38.5 Å². The number of fused-ring (bicyclic) bond motifs is 4. The summed E-state index contributed by atoms with van der Waals surface area (Å²) in [6, 6.07) is 32.1. The normalized spacial score (nSPS) is 14.8. The van der Waals surface area contributed by atoms with E-state index in [1.165, 1.54) is 82.3 Å². The highest BCUT2D eigenvalue weighted by Crippen LogP contribution is 2.47. The average Bonchev–Trinajstić information content (AvgIpc) is 3.52. The first kappa shape index (κ1) is 18.2. The van der Waals surface area contributed by atoms with Crippen LogP contribution in [0.1, 0.15) is 35.1 Å². The van der Waals surface area contributed by atoms with E-state index in [9.17, 15) is 0 Å². The standard InChI is InChI=1S/C32H26/c1-2-14-28-27(13-1)31(25-19-7-11-21-9-5-17-23(21)25)29-15-3-4-16-30(29)32(28)26-20-8-12-22-10-6-18-24(22)26/h1-4,7-8,11-16,19-20H,5-6,9-10,17-18H2. The van der Waals surface area contributed by atoms with Gasteiger partial charge in [-0.25, -0.2) is 0 Å². The topological polar surface area (TPSA) is 0 Å². The molecule has 0 amide bonds. The van der Waals surface area contributed by atoms with Gasteiger partial charge in [0.1, 0.15) is 0 Å². The van der Waals surface area contributed by atoms with Gasteiger partial charge in [-0.1, -0.05) is 84.9 Å². The molecule has 0 saturated carbocycles. The van der Waals surface area contributed by atoms with E-state index in [-0.39, 0.29) is 0 Å². The minimum absolute atomic E-state index is 1.20. The Morgan fingerprint density at radius 2 is 0.781 bits per heavy atom. The van der Waals surface area contributed by atoms with Gasteiger partial charge in [0.05, 0.1) is 0 Å². The molecular weight excluding hydrogens is 384 g/mol. The second-order valence-corrected chi connectivity index (χ2v) is 9.43. The number of aryl methyl sites for hydroxylation is 2. The summed E-state index contributed by atoms with van der Waals surface area (Å²) in [6.45, 7) is 0. The van der Waals surface area contributed by atoms with Crippen LogP contribution in [-0.2, 0) is 25.7 Å². The molecule has 5 aromatic carbocycles. The zero-order chi connectivity index (χ0) is 21.1. The summed E-state index contributed by atoms with van der Waals surface area (Å²) in [5.41, 5.74) is 11.9. The van der Waals surface area contributed by atoms with Gasteiger partial charge < -0.3 is 0 Å². The molecule has 2 aliphatic carbocycles. The fourth-order valence-electron chi connectivity index (χ4n) is 6.42. The second-order valence-electron chi connectivity index (χ2n) is 9.43. The third-order valence-corrected chi connectivity index (χ3v) is 7.76. The van der Waals surface area contributed by atoms with Gasteiger partial charge in [-0.15, -0.1) is 0 Å². The van der Waals surface area contributed by atoms with Gasteiger partial charge in [0.2, 0.25) is 0 Å². The van der Waals surface area contributed by atoms with Crippen molar-refractivity contribution in [3.05, 3.63) is 107 Å². The molecule has 0 heteroatoms. The van der Waals surface area contributed by atoms with Crippen LogP contribution < -0.4 is 0 Å². The molecule has 0 saturated heterocycles. The van der Waals surface area contributed by atoms with E-state index in [1.54, 1.807) is 22.3 Å². The maximum atomic E-state index is 2.36. The molecule has 0 N–H and O–H groups in total. The number of hydrogen-bond donors (Lipinski definition) is 0. The van der Waals surface area contributed by atoms with E-state index in [1.807, 2.05) is 0 Å². The summed E-state index contributed by atoms with van der Waals surface area (Å²) in [5, 5.41) is 5.54. The monoisotopic (exact) mass is 410 g/mol. The third kappa shape index (κ3) is 2.56. The minimum atomic E-state index is 1.20. The summed E-state index contributed by atoms with van der Waals surface area (Å²) in [7, 11) is 0. The summed E-state index contributed by atoms with van der Waals surface area (Å²) in [6.07, 6.45) is 7.37. The minimum Gasteiger partial charge on any atom is -0.0616 e. The first-order valence-electron chi connectivity index (χ1n) is 12.1. The molecule has 0 unspecified atom stereocenters. The first-order chi connectivity index (χ1) is 15.9. The Kier molecular flexibility index (Phi) is 4.02. The molecule has 0 heterocycles. The van der Waals surface area contributed by atoms with Crippen LogP contribution in [-0.4, -0.2) is 0 Å².